The summed E-state index contributed by atoms with van der Waals surface area (Å²) >= 11 is 0. The van der Waals surface area contributed by atoms with Crippen molar-refractivity contribution in [2.24, 2.45) is 0 Å². The van der Waals surface area contributed by atoms with Crippen LogP contribution in [0.15, 0.2) is 54.6 Å². The van der Waals surface area contributed by atoms with Gasteiger partial charge in [0.05, 0.1) is 0 Å². The standard InChI is InChI=1S/C29H32/c1-3-4-8-21-13-14-28-25(16-21)18-26(17-24-9-5-6-12-27(24)28)29-19-23-11-7-10-22(23)15-20(29)2/h5-6,9,12-16,19,26H,3-4,7-8,10-11,17-18H2,1-2H3. The van der Waals surface area contributed by atoms with Gasteiger partial charge < -0.3 is 0 Å². The molecule has 148 valence electrons. The Bertz CT molecular complexity index is 1040. The molecule has 0 saturated heterocycles. The summed E-state index contributed by atoms with van der Waals surface area (Å²) in [7, 11) is 0. The lowest BCUT2D eigenvalue weighted by atomic mass is 9.84. The van der Waals surface area contributed by atoms with Gasteiger partial charge in [0.25, 0.3) is 0 Å². The molecule has 1 atom stereocenters. The molecule has 29 heavy (non-hydrogen) atoms. The second kappa shape index (κ2) is 7.82. The summed E-state index contributed by atoms with van der Waals surface area (Å²) in [4.78, 5) is 0. The van der Waals surface area contributed by atoms with Gasteiger partial charge in [0, 0.05) is 0 Å². The van der Waals surface area contributed by atoms with Gasteiger partial charge in [-0.3, -0.25) is 0 Å². The Morgan fingerprint density at radius 2 is 1.55 bits per heavy atom. The fourth-order valence-electron chi connectivity index (χ4n) is 5.61. The first-order chi connectivity index (χ1) is 14.2. The zero-order valence-corrected chi connectivity index (χ0v) is 17.9. The second-order valence-electron chi connectivity index (χ2n) is 9.19. The third-order valence-electron chi connectivity index (χ3n) is 7.15. The summed E-state index contributed by atoms with van der Waals surface area (Å²) in [5.41, 5.74) is 13.8. The number of unbranched alkanes of at least 4 members (excludes halogenated alkanes) is 1. The lowest BCUT2D eigenvalue weighted by Crippen LogP contribution is -2.08. The van der Waals surface area contributed by atoms with E-state index in [-0.39, 0.29) is 0 Å². The van der Waals surface area contributed by atoms with Gasteiger partial charge in [-0.05, 0) is 108 Å². The molecule has 0 spiro atoms. The van der Waals surface area contributed by atoms with Gasteiger partial charge >= 0.3 is 0 Å². The zero-order chi connectivity index (χ0) is 19.8. The first-order valence-corrected chi connectivity index (χ1v) is 11.6. The normalized spacial score (nSPS) is 17.4. The highest BCUT2D eigenvalue weighted by molar-refractivity contribution is 5.72. The van der Waals surface area contributed by atoms with Gasteiger partial charge in [-0.1, -0.05) is 67.9 Å². The summed E-state index contributed by atoms with van der Waals surface area (Å²) in [6, 6.07) is 21.4. The molecule has 0 amide bonds. The lowest BCUT2D eigenvalue weighted by molar-refractivity contribution is 0.682. The quantitative estimate of drug-likeness (QED) is 0.443. The van der Waals surface area contributed by atoms with Crippen molar-refractivity contribution in [1.82, 2.24) is 0 Å². The number of hydrogen-bond acceptors (Lipinski definition) is 0. The van der Waals surface area contributed by atoms with Crippen LogP contribution in [0.25, 0.3) is 11.1 Å². The molecule has 3 aromatic rings. The van der Waals surface area contributed by atoms with Crippen LogP contribution in [-0.4, -0.2) is 0 Å². The topological polar surface area (TPSA) is 0 Å². The molecule has 0 saturated carbocycles. The molecule has 0 N–H and O–H groups in total. The number of hydrogen-bond donors (Lipinski definition) is 0. The van der Waals surface area contributed by atoms with E-state index in [2.05, 4.69) is 68.4 Å². The lowest BCUT2D eigenvalue weighted by Gasteiger charge is -2.20. The molecule has 0 heterocycles. The predicted octanol–water partition coefficient (Wildman–Crippen LogP) is 7.38. The second-order valence-corrected chi connectivity index (χ2v) is 9.19. The van der Waals surface area contributed by atoms with Crippen LogP contribution < -0.4 is 0 Å². The van der Waals surface area contributed by atoms with Gasteiger partial charge in [0.2, 0.25) is 0 Å². The Hall–Kier alpha value is -2.34. The van der Waals surface area contributed by atoms with Gasteiger partial charge in [-0.15, -0.1) is 0 Å². The Balaban J connectivity index is 1.60. The minimum absolute atomic E-state index is 0.574. The first-order valence-electron chi connectivity index (χ1n) is 11.6. The molecule has 1 unspecified atom stereocenters. The van der Waals surface area contributed by atoms with Crippen molar-refractivity contribution >= 4 is 0 Å². The van der Waals surface area contributed by atoms with Crippen molar-refractivity contribution in [2.45, 2.75) is 71.1 Å². The third kappa shape index (κ3) is 3.54. The highest BCUT2D eigenvalue weighted by Gasteiger charge is 2.25. The van der Waals surface area contributed by atoms with Crippen LogP contribution in [-0.2, 0) is 32.1 Å². The van der Waals surface area contributed by atoms with Crippen molar-refractivity contribution in [1.29, 1.82) is 0 Å². The first kappa shape index (κ1) is 18.7. The predicted molar refractivity (Wildman–Crippen MR) is 124 cm³/mol. The Kier molecular flexibility index (Phi) is 5.04. The number of aryl methyl sites for hydroxylation is 4. The van der Waals surface area contributed by atoms with E-state index in [0.29, 0.717) is 5.92 Å². The number of fused-ring (bicyclic) bond motifs is 4. The van der Waals surface area contributed by atoms with Crippen molar-refractivity contribution < 1.29 is 0 Å². The molecule has 0 aromatic heterocycles. The van der Waals surface area contributed by atoms with Crippen LogP contribution in [0.1, 0.15) is 71.0 Å². The molecule has 3 aromatic carbocycles. The van der Waals surface area contributed by atoms with Gasteiger partial charge in [-0.25, -0.2) is 0 Å². The average molecular weight is 381 g/mol. The minimum atomic E-state index is 0.574. The van der Waals surface area contributed by atoms with Crippen LogP contribution in [0.2, 0.25) is 0 Å². The molecule has 2 aliphatic rings. The highest BCUT2D eigenvalue weighted by atomic mass is 14.3. The van der Waals surface area contributed by atoms with E-state index < -0.39 is 0 Å². The zero-order valence-electron chi connectivity index (χ0n) is 17.9. The Morgan fingerprint density at radius 3 is 2.41 bits per heavy atom. The molecule has 0 heteroatoms. The van der Waals surface area contributed by atoms with Crippen LogP contribution in [0.3, 0.4) is 0 Å². The summed E-state index contributed by atoms with van der Waals surface area (Å²) in [5.74, 6) is 0.574. The van der Waals surface area contributed by atoms with Crippen LogP contribution >= 0.6 is 0 Å². The van der Waals surface area contributed by atoms with Crippen LogP contribution in [0.4, 0.5) is 0 Å². The van der Waals surface area contributed by atoms with E-state index in [1.165, 1.54) is 66.3 Å². The van der Waals surface area contributed by atoms with E-state index >= 15 is 0 Å². The number of benzene rings is 3. The van der Waals surface area contributed by atoms with Crippen molar-refractivity contribution in [2.75, 3.05) is 0 Å². The van der Waals surface area contributed by atoms with E-state index in [1.54, 1.807) is 22.3 Å². The summed E-state index contributed by atoms with van der Waals surface area (Å²) < 4.78 is 0. The van der Waals surface area contributed by atoms with Gasteiger partial charge in [0.1, 0.15) is 0 Å². The fourth-order valence-corrected chi connectivity index (χ4v) is 5.61. The van der Waals surface area contributed by atoms with Gasteiger partial charge in [-0.2, -0.15) is 0 Å². The Labute approximate surface area is 176 Å². The fraction of sp³-hybridized carbons (Fsp3) is 0.379. The molecule has 0 radical (unpaired) electrons. The molecule has 2 aliphatic carbocycles. The average Bonchev–Trinajstić information content (AvgIpc) is 3.12. The number of rotatable bonds is 4. The molecule has 0 nitrogen and oxygen atoms in total. The maximum absolute atomic E-state index is 2.57. The molecule has 0 fully saturated rings. The minimum Gasteiger partial charge on any atom is -0.0654 e. The smallest absolute Gasteiger partial charge is 0.00779 e. The third-order valence-corrected chi connectivity index (χ3v) is 7.15. The highest BCUT2D eigenvalue weighted by Crippen LogP contribution is 2.40. The van der Waals surface area contributed by atoms with Crippen molar-refractivity contribution in [3.05, 3.63) is 93.5 Å². The SMILES string of the molecule is CCCCc1ccc2c(c1)CC(c1cc3c(cc1C)CCC3)Cc1ccccc1-2. The van der Waals surface area contributed by atoms with Crippen LogP contribution in [0.5, 0.6) is 0 Å². The summed E-state index contributed by atoms with van der Waals surface area (Å²) in [6.45, 7) is 4.62. The van der Waals surface area contributed by atoms with E-state index in [0.717, 1.165) is 12.8 Å². The maximum Gasteiger partial charge on any atom is -0.00779 e. The van der Waals surface area contributed by atoms with E-state index in [9.17, 15) is 0 Å². The Morgan fingerprint density at radius 1 is 0.793 bits per heavy atom. The summed E-state index contributed by atoms with van der Waals surface area (Å²) in [6.07, 6.45) is 9.92. The van der Waals surface area contributed by atoms with E-state index in [1.807, 2.05) is 0 Å². The van der Waals surface area contributed by atoms with Gasteiger partial charge in [0.15, 0.2) is 0 Å². The maximum atomic E-state index is 2.57. The molecular formula is C29H32. The van der Waals surface area contributed by atoms with Crippen LogP contribution in [0, 0.1) is 6.92 Å². The largest absolute Gasteiger partial charge is 0.0654 e. The molecule has 5 rings (SSSR count). The van der Waals surface area contributed by atoms with Crippen molar-refractivity contribution in [3.8, 4) is 11.1 Å². The monoisotopic (exact) mass is 380 g/mol. The molecule has 0 bridgehead atoms. The molecular weight excluding hydrogens is 348 g/mol. The molecule has 0 aliphatic heterocycles. The van der Waals surface area contributed by atoms with E-state index in [4.69, 9.17) is 0 Å². The summed E-state index contributed by atoms with van der Waals surface area (Å²) in [5, 5.41) is 0. The van der Waals surface area contributed by atoms with Crippen molar-refractivity contribution in [3.63, 3.8) is 0 Å².